The third kappa shape index (κ3) is 1.42. The maximum atomic E-state index is 9.76. The molecule has 4 nitrogen and oxygen atoms in total. The number of phenols is 1. The molecule has 4 N–H and O–H groups in total. The first-order chi connectivity index (χ1) is 6.58. The fraction of sp³-hybridized carbons (Fsp3) is 0.400. The van der Waals surface area contributed by atoms with Crippen molar-refractivity contribution >= 4 is 5.69 Å². The molecule has 1 aliphatic heterocycles. The molecule has 1 aliphatic rings. The van der Waals surface area contributed by atoms with Crippen molar-refractivity contribution in [1.29, 1.82) is 0 Å². The number of aliphatic hydroxyl groups excluding tert-OH is 1. The zero-order valence-corrected chi connectivity index (χ0v) is 8.07. The molecule has 0 aromatic heterocycles. The molecule has 4 heteroatoms. The molecule has 14 heavy (non-hydrogen) atoms. The van der Waals surface area contributed by atoms with Gasteiger partial charge in [-0.05, 0) is 18.7 Å². The number of nitrogens with zero attached hydrogens (tertiary/aromatic N) is 1. The van der Waals surface area contributed by atoms with Crippen molar-refractivity contribution in [1.82, 2.24) is 4.90 Å². The van der Waals surface area contributed by atoms with E-state index in [9.17, 15) is 10.2 Å². The van der Waals surface area contributed by atoms with E-state index in [1.54, 1.807) is 6.07 Å². The average Bonchev–Trinajstić information content (AvgIpc) is 1.99. The van der Waals surface area contributed by atoms with Gasteiger partial charge in [-0.1, -0.05) is 0 Å². The van der Waals surface area contributed by atoms with Crippen LogP contribution in [0.1, 0.15) is 17.2 Å². The maximum Gasteiger partial charge on any atom is 0.123 e. The molecular formula is C10H14N2O2. The molecule has 1 atom stereocenters. The topological polar surface area (TPSA) is 69.7 Å². The number of phenolic OH excluding ortho intramolecular Hbond substituents is 1. The molecule has 0 spiro atoms. The molecule has 2 rings (SSSR count). The van der Waals surface area contributed by atoms with Gasteiger partial charge in [-0.3, -0.25) is 4.90 Å². The van der Waals surface area contributed by atoms with Crippen LogP contribution in [0.15, 0.2) is 12.1 Å². The third-order valence-corrected chi connectivity index (χ3v) is 2.52. The number of nitrogens with two attached hydrogens (primary N) is 1. The molecule has 1 heterocycles. The highest BCUT2D eigenvalue weighted by molar-refractivity contribution is 5.54. The van der Waals surface area contributed by atoms with Crippen LogP contribution in [0.25, 0.3) is 0 Å². The SMILES string of the molecule is CN1Cc2cc(N)cc(O)c2C(O)C1. The first-order valence-corrected chi connectivity index (χ1v) is 4.56. The Bertz CT molecular complexity index is 365. The lowest BCUT2D eigenvalue weighted by atomic mass is 9.96. The first-order valence-electron chi connectivity index (χ1n) is 4.56. The Kier molecular flexibility index (Phi) is 2.09. The second-order valence-electron chi connectivity index (χ2n) is 3.83. The van der Waals surface area contributed by atoms with Crippen LogP contribution in [0, 0.1) is 0 Å². The van der Waals surface area contributed by atoms with Gasteiger partial charge in [-0.15, -0.1) is 0 Å². The molecule has 0 radical (unpaired) electrons. The number of β-amino-alcohol motifs (C(OH)–C–C–N with tert-alkyl or cyclic N) is 1. The van der Waals surface area contributed by atoms with Crippen molar-refractivity contribution in [2.75, 3.05) is 19.3 Å². The number of hydrogen-bond acceptors (Lipinski definition) is 4. The second-order valence-corrected chi connectivity index (χ2v) is 3.83. The van der Waals surface area contributed by atoms with Gasteiger partial charge in [0.1, 0.15) is 5.75 Å². The van der Waals surface area contributed by atoms with Gasteiger partial charge < -0.3 is 15.9 Å². The molecule has 0 saturated heterocycles. The van der Waals surface area contributed by atoms with E-state index in [1.807, 2.05) is 11.9 Å². The molecule has 76 valence electrons. The van der Waals surface area contributed by atoms with Gasteiger partial charge in [0.25, 0.3) is 0 Å². The fourth-order valence-electron chi connectivity index (χ4n) is 1.98. The second kappa shape index (κ2) is 3.15. The number of nitrogen functional groups attached to an aromatic ring is 1. The molecular weight excluding hydrogens is 180 g/mol. The fourth-order valence-corrected chi connectivity index (χ4v) is 1.98. The Morgan fingerprint density at radius 3 is 2.93 bits per heavy atom. The zero-order chi connectivity index (χ0) is 10.3. The summed E-state index contributed by atoms with van der Waals surface area (Å²) in [6.45, 7) is 1.26. The quantitative estimate of drug-likeness (QED) is 0.524. The number of aromatic hydroxyl groups is 1. The van der Waals surface area contributed by atoms with Gasteiger partial charge in [0.2, 0.25) is 0 Å². The summed E-state index contributed by atoms with van der Waals surface area (Å²) in [5.74, 6) is 0.0978. The smallest absolute Gasteiger partial charge is 0.123 e. The number of fused-ring (bicyclic) bond motifs is 1. The highest BCUT2D eigenvalue weighted by atomic mass is 16.3. The minimum absolute atomic E-state index is 0.0978. The lowest BCUT2D eigenvalue weighted by Gasteiger charge is -2.29. The minimum Gasteiger partial charge on any atom is -0.507 e. The normalized spacial score (nSPS) is 22.0. The predicted molar refractivity (Wildman–Crippen MR) is 53.8 cm³/mol. The van der Waals surface area contributed by atoms with Crippen molar-refractivity contribution in [3.8, 4) is 5.75 Å². The Labute approximate surface area is 82.6 Å². The molecule has 0 bridgehead atoms. The summed E-state index contributed by atoms with van der Waals surface area (Å²) in [6, 6.07) is 3.28. The van der Waals surface area contributed by atoms with Gasteiger partial charge >= 0.3 is 0 Å². The molecule has 0 fully saturated rings. The van der Waals surface area contributed by atoms with E-state index < -0.39 is 6.10 Å². The van der Waals surface area contributed by atoms with E-state index in [1.165, 1.54) is 6.07 Å². The number of hydrogen-bond donors (Lipinski definition) is 3. The summed E-state index contributed by atoms with van der Waals surface area (Å²) >= 11 is 0. The van der Waals surface area contributed by atoms with Gasteiger partial charge in [0.15, 0.2) is 0 Å². The number of rotatable bonds is 0. The van der Waals surface area contributed by atoms with Crippen LogP contribution in [0.5, 0.6) is 5.75 Å². The summed E-state index contributed by atoms with van der Waals surface area (Å²) < 4.78 is 0. The summed E-state index contributed by atoms with van der Waals surface area (Å²) in [6.07, 6.45) is -0.621. The molecule has 0 aliphatic carbocycles. The van der Waals surface area contributed by atoms with E-state index in [0.717, 1.165) is 5.56 Å². The van der Waals surface area contributed by atoms with Gasteiger partial charge in [-0.2, -0.15) is 0 Å². The van der Waals surface area contributed by atoms with Crippen molar-refractivity contribution in [2.45, 2.75) is 12.6 Å². The average molecular weight is 194 g/mol. The molecule has 0 saturated carbocycles. The van der Waals surface area contributed by atoms with Gasteiger partial charge in [0, 0.05) is 30.4 Å². The Balaban J connectivity index is 2.53. The Morgan fingerprint density at radius 2 is 2.21 bits per heavy atom. The summed E-state index contributed by atoms with van der Waals surface area (Å²) in [7, 11) is 1.92. The van der Waals surface area contributed by atoms with Crippen LogP contribution in [0.3, 0.4) is 0 Å². The lowest BCUT2D eigenvalue weighted by molar-refractivity contribution is 0.105. The van der Waals surface area contributed by atoms with Crippen LogP contribution in [0.4, 0.5) is 5.69 Å². The van der Waals surface area contributed by atoms with Crippen LogP contribution in [-0.2, 0) is 6.54 Å². The summed E-state index contributed by atoms with van der Waals surface area (Å²) in [5, 5.41) is 19.4. The molecule has 0 amide bonds. The molecule has 1 aromatic rings. The number of benzene rings is 1. The maximum absolute atomic E-state index is 9.76. The van der Waals surface area contributed by atoms with E-state index in [0.29, 0.717) is 24.3 Å². The van der Waals surface area contributed by atoms with Crippen LogP contribution in [-0.4, -0.2) is 28.7 Å². The Hall–Kier alpha value is -1.26. The van der Waals surface area contributed by atoms with Crippen LogP contribution < -0.4 is 5.73 Å². The Morgan fingerprint density at radius 1 is 1.50 bits per heavy atom. The van der Waals surface area contributed by atoms with E-state index in [2.05, 4.69) is 0 Å². The first kappa shape index (κ1) is 9.30. The van der Waals surface area contributed by atoms with Crippen molar-refractivity contribution in [3.05, 3.63) is 23.3 Å². The number of anilines is 1. The molecule has 1 unspecified atom stereocenters. The largest absolute Gasteiger partial charge is 0.507 e. The van der Waals surface area contributed by atoms with Crippen LogP contribution in [0.2, 0.25) is 0 Å². The van der Waals surface area contributed by atoms with E-state index in [4.69, 9.17) is 5.73 Å². The van der Waals surface area contributed by atoms with Crippen molar-refractivity contribution in [3.63, 3.8) is 0 Å². The van der Waals surface area contributed by atoms with Crippen LogP contribution >= 0.6 is 0 Å². The predicted octanol–water partition coefficient (Wildman–Crippen LogP) is 0.453. The zero-order valence-electron chi connectivity index (χ0n) is 8.07. The third-order valence-electron chi connectivity index (χ3n) is 2.52. The standard InChI is InChI=1S/C10H14N2O2/c1-12-4-6-2-7(11)3-8(13)10(6)9(14)5-12/h2-3,9,13-14H,4-5,11H2,1H3. The summed E-state index contributed by atoms with van der Waals surface area (Å²) in [5.41, 5.74) is 7.67. The van der Waals surface area contributed by atoms with Crippen molar-refractivity contribution in [2.24, 2.45) is 0 Å². The number of likely N-dealkylation sites (N-methyl/N-ethyl adjacent to an activating group) is 1. The highest BCUT2D eigenvalue weighted by Crippen LogP contribution is 2.34. The number of aliphatic hydroxyl groups is 1. The minimum atomic E-state index is -0.621. The van der Waals surface area contributed by atoms with E-state index in [-0.39, 0.29) is 5.75 Å². The van der Waals surface area contributed by atoms with Gasteiger partial charge in [0.05, 0.1) is 6.10 Å². The molecule has 1 aromatic carbocycles. The van der Waals surface area contributed by atoms with Gasteiger partial charge in [-0.25, -0.2) is 0 Å². The lowest BCUT2D eigenvalue weighted by Crippen LogP contribution is -2.30. The monoisotopic (exact) mass is 194 g/mol. The van der Waals surface area contributed by atoms with E-state index >= 15 is 0 Å². The summed E-state index contributed by atoms with van der Waals surface area (Å²) in [4.78, 5) is 1.99. The highest BCUT2D eigenvalue weighted by Gasteiger charge is 2.24. The van der Waals surface area contributed by atoms with Crippen molar-refractivity contribution < 1.29 is 10.2 Å².